The summed E-state index contributed by atoms with van der Waals surface area (Å²) in [7, 11) is 1.88. The molecule has 2 aromatic rings. The predicted octanol–water partition coefficient (Wildman–Crippen LogP) is 3.78. The first kappa shape index (κ1) is 36.3. The Kier molecular flexibility index (Phi) is 11.0. The van der Waals surface area contributed by atoms with Gasteiger partial charge in [0.25, 0.3) is 5.91 Å². The molecule has 1 saturated heterocycles. The fourth-order valence-electron chi connectivity index (χ4n) is 6.59. The highest BCUT2D eigenvalue weighted by Crippen LogP contribution is 2.51. The van der Waals surface area contributed by atoms with Crippen LogP contribution in [0.25, 0.3) is 0 Å². The molecule has 1 aliphatic heterocycles. The van der Waals surface area contributed by atoms with Crippen molar-refractivity contribution in [2.24, 2.45) is 23.7 Å². The topological polar surface area (TPSA) is 129 Å². The van der Waals surface area contributed by atoms with Crippen molar-refractivity contribution in [3.8, 4) is 0 Å². The van der Waals surface area contributed by atoms with Crippen LogP contribution in [0.2, 0.25) is 0 Å². The van der Waals surface area contributed by atoms with Gasteiger partial charge in [0.1, 0.15) is 29.5 Å². The van der Waals surface area contributed by atoms with Gasteiger partial charge in [-0.15, -0.1) is 0 Å². The molecular weight excluding hydrogens is 646 g/mol. The Morgan fingerprint density at radius 3 is 2.10 bits per heavy atom. The van der Waals surface area contributed by atoms with E-state index in [2.05, 4.69) is 21.0 Å². The molecule has 0 unspecified atom stereocenters. The highest BCUT2D eigenvalue weighted by atomic mass is 19.4. The van der Waals surface area contributed by atoms with Crippen molar-refractivity contribution in [2.45, 2.75) is 77.2 Å². The molecule has 1 aromatic carbocycles. The van der Waals surface area contributed by atoms with E-state index in [1.165, 1.54) is 34.8 Å². The van der Waals surface area contributed by atoms with Gasteiger partial charge in [-0.25, -0.2) is 4.39 Å². The van der Waals surface area contributed by atoms with Gasteiger partial charge in [0.15, 0.2) is 0 Å². The number of hydrogen-bond acceptors (Lipinski definition) is 6. The maximum atomic E-state index is 15.7. The van der Waals surface area contributed by atoms with E-state index in [0.717, 1.165) is 38.7 Å². The van der Waals surface area contributed by atoms with Crippen molar-refractivity contribution in [1.29, 1.82) is 0 Å². The van der Waals surface area contributed by atoms with E-state index in [9.17, 15) is 32.3 Å². The van der Waals surface area contributed by atoms with Crippen LogP contribution in [0.5, 0.6) is 0 Å². The molecular formula is C34H45F4N7O4. The smallest absolute Gasteiger partial charge is 0.343 e. The quantitative estimate of drug-likeness (QED) is 0.275. The minimum absolute atomic E-state index is 0.103. The number of nitrogens with zero attached hydrogens (tertiary/aromatic N) is 4. The number of amides is 4. The molecule has 11 nitrogen and oxygen atoms in total. The molecule has 5 rings (SSSR count). The van der Waals surface area contributed by atoms with Crippen molar-refractivity contribution in [3.63, 3.8) is 0 Å². The lowest BCUT2D eigenvalue weighted by atomic mass is 9.88. The summed E-state index contributed by atoms with van der Waals surface area (Å²) in [6.45, 7) is 6.31. The fraction of sp³-hybridized carbons (Fsp3) is 0.618. The lowest BCUT2D eigenvalue weighted by Gasteiger charge is -2.36. The van der Waals surface area contributed by atoms with Crippen molar-refractivity contribution in [2.75, 3.05) is 38.5 Å². The molecule has 4 amide bonds. The summed E-state index contributed by atoms with van der Waals surface area (Å²) in [4.78, 5) is 56.9. The lowest BCUT2D eigenvalue weighted by molar-refractivity contribution is -0.180. The van der Waals surface area contributed by atoms with Gasteiger partial charge in [0.2, 0.25) is 17.7 Å². The molecule has 0 radical (unpaired) electrons. The molecule has 1 aromatic heterocycles. The number of nitrogens with one attached hydrogen (secondary N) is 3. The minimum atomic E-state index is -4.81. The molecule has 2 aliphatic carbocycles. The van der Waals surface area contributed by atoms with Crippen LogP contribution >= 0.6 is 0 Å². The maximum Gasteiger partial charge on any atom is 0.400 e. The van der Waals surface area contributed by atoms with E-state index < -0.39 is 59.5 Å². The van der Waals surface area contributed by atoms with Gasteiger partial charge in [-0.1, -0.05) is 13.0 Å². The number of carbonyl (C=O) groups is 4. The minimum Gasteiger partial charge on any atom is -0.343 e. The van der Waals surface area contributed by atoms with Crippen LogP contribution in [-0.4, -0.2) is 94.7 Å². The number of piperazine rings is 1. The van der Waals surface area contributed by atoms with Crippen LogP contribution in [-0.2, 0) is 20.9 Å². The van der Waals surface area contributed by atoms with Gasteiger partial charge in [0, 0.05) is 44.8 Å². The van der Waals surface area contributed by atoms with Gasteiger partial charge in [-0.2, -0.15) is 18.3 Å². The third-order valence-corrected chi connectivity index (χ3v) is 10.1. The molecule has 4 atom stereocenters. The summed E-state index contributed by atoms with van der Waals surface area (Å²) in [5, 5.41) is 12.0. The third kappa shape index (κ3) is 8.60. The first-order valence-electron chi connectivity index (χ1n) is 17.0. The van der Waals surface area contributed by atoms with Crippen LogP contribution in [0.3, 0.4) is 0 Å². The van der Waals surface area contributed by atoms with Crippen LogP contribution in [0, 0.1) is 29.5 Å². The van der Waals surface area contributed by atoms with E-state index in [0.29, 0.717) is 38.4 Å². The van der Waals surface area contributed by atoms with Crippen LogP contribution in [0.1, 0.15) is 68.4 Å². The number of aromatic nitrogens is 2. The van der Waals surface area contributed by atoms with E-state index in [4.69, 9.17) is 0 Å². The van der Waals surface area contributed by atoms with E-state index in [1.807, 2.05) is 18.9 Å². The summed E-state index contributed by atoms with van der Waals surface area (Å²) < 4.78 is 57.4. The Hall–Kier alpha value is -4.01. The van der Waals surface area contributed by atoms with Crippen molar-refractivity contribution in [1.82, 2.24) is 30.2 Å². The highest BCUT2D eigenvalue weighted by Gasteiger charge is 2.49. The number of hydrogen-bond donors (Lipinski definition) is 3. The third-order valence-electron chi connectivity index (χ3n) is 10.1. The molecule has 49 heavy (non-hydrogen) atoms. The highest BCUT2D eigenvalue weighted by molar-refractivity contribution is 6.01. The zero-order chi connectivity index (χ0) is 35.6. The molecule has 0 spiro atoms. The standard InChI is InChI=1S/C34H45F4N7O4/c1-5-45-26(12-13-39-45)31(47)42-29(27(21-6-7-21)22-8-9-22)32(48)40-25-11-10-23(18-24(25)35)19(2)28(41-30(46)20(3)34(36,37)38)33(49)44-16-14-43(4)15-17-44/h10-13,18-22,27-29H,5-9,14-17H2,1-4H3,(H,40,48)(H,41,46)(H,42,47)/t19-,20-,28+,29-/m0/s1. The van der Waals surface area contributed by atoms with E-state index in [-0.39, 0.29) is 29.0 Å². The maximum absolute atomic E-state index is 15.7. The zero-order valence-corrected chi connectivity index (χ0v) is 28.2. The monoisotopic (exact) mass is 691 g/mol. The molecule has 3 fully saturated rings. The van der Waals surface area contributed by atoms with Gasteiger partial charge >= 0.3 is 6.18 Å². The normalized spacial score (nSPS) is 19.6. The number of aryl methyl sites for hydroxylation is 1. The molecule has 3 aliphatic rings. The first-order valence-corrected chi connectivity index (χ1v) is 17.0. The Morgan fingerprint density at radius 1 is 0.918 bits per heavy atom. The van der Waals surface area contributed by atoms with Gasteiger partial charge in [-0.3, -0.25) is 23.9 Å². The Labute approximate surface area is 283 Å². The van der Waals surface area contributed by atoms with E-state index in [1.54, 1.807) is 6.07 Å². The summed E-state index contributed by atoms with van der Waals surface area (Å²) >= 11 is 0. The second kappa shape index (κ2) is 14.9. The SMILES string of the molecule is CCn1nccc1C(=O)N[C@H](C(=O)Nc1ccc([C@H](C)[C@@H](NC(=O)[C@H](C)C(F)(F)F)C(=O)N2CCN(C)CC2)cc1F)C(C1CC1)C1CC1. The Balaban J connectivity index is 1.35. The number of rotatable bonds is 13. The van der Waals surface area contributed by atoms with Crippen LogP contribution < -0.4 is 16.0 Å². The largest absolute Gasteiger partial charge is 0.400 e. The second-order valence-corrected chi connectivity index (χ2v) is 13.6. The lowest BCUT2D eigenvalue weighted by Crippen LogP contribution is -2.57. The number of anilines is 1. The Bertz CT molecular complexity index is 1520. The van der Waals surface area contributed by atoms with Gasteiger partial charge < -0.3 is 25.8 Å². The number of benzene rings is 1. The zero-order valence-electron chi connectivity index (χ0n) is 28.2. The summed E-state index contributed by atoms with van der Waals surface area (Å²) in [6.07, 6.45) is 0.480. The number of likely N-dealkylation sites (N-methyl/N-ethyl adjacent to an activating group) is 1. The second-order valence-electron chi connectivity index (χ2n) is 13.6. The van der Waals surface area contributed by atoms with Gasteiger partial charge in [0.05, 0.1) is 5.69 Å². The average Bonchev–Trinajstić information content (AvgIpc) is 4.02. The summed E-state index contributed by atoms with van der Waals surface area (Å²) in [5.74, 6) is -6.58. The first-order chi connectivity index (χ1) is 23.2. The molecule has 2 heterocycles. The molecule has 0 bridgehead atoms. The van der Waals surface area contributed by atoms with Crippen molar-refractivity contribution >= 4 is 29.3 Å². The fourth-order valence-corrected chi connectivity index (χ4v) is 6.59. The number of halogens is 4. The summed E-state index contributed by atoms with van der Waals surface area (Å²) in [5.41, 5.74) is 0.405. The Morgan fingerprint density at radius 2 is 1.55 bits per heavy atom. The van der Waals surface area contributed by atoms with Gasteiger partial charge in [-0.05, 0) is 88.1 Å². The summed E-state index contributed by atoms with van der Waals surface area (Å²) in [6, 6.07) is 3.17. The molecule has 268 valence electrons. The molecule has 3 N–H and O–H groups in total. The molecule has 15 heteroatoms. The predicted molar refractivity (Wildman–Crippen MR) is 173 cm³/mol. The average molecular weight is 692 g/mol. The van der Waals surface area contributed by atoms with Crippen molar-refractivity contribution in [3.05, 3.63) is 47.5 Å². The van der Waals surface area contributed by atoms with Crippen molar-refractivity contribution < 1.29 is 36.7 Å². The van der Waals surface area contributed by atoms with Crippen LogP contribution in [0.4, 0.5) is 23.2 Å². The number of carbonyl (C=O) groups excluding carboxylic acids is 4. The number of alkyl halides is 3. The van der Waals surface area contributed by atoms with E-state index >= 15 is 4.39 Å². The molecule has 2 saturated carbocycles. The van der Waals surface area contributed by atoms with Crippen LogP contribution in [0.15, 0.2) is 30.5 Å².